The molecule has 2 nitrogen and oxygen atoms in total. The van der Waals surface area contributed by atoms with Gasteiger partial charge in [-0.3, -0.25) is 4.74 Å². The normalized spacial score (nSPS) is 13.9. The summed E-state index contributed by atoms with van der Waals surface area (Å²) >= 11 is 0. The van der Waals surface area contributed by atoms with Crippen LogP contribution in [0.2, 0.25) is 0 Å². The lowest BCUT2D eigenvalue weighted by molar-refractivity contribution is -0.331. The number of rotatable bonds is 3. The summed E-state index contributed by atoms with van der Waals surface area (Å²) in [6.07, 6.45) is -6.30. The summed E-state index contributed by atoms with van der Waals surface area (Å²) in [5, 5.41) is 9.22. The molecular formula is C9H8F4O2. The largest absolute Gasteiger partial charge is 0.522 e. The van der Waals surface area contributed by atoms with Crippen LogP contribution in [0.3, 0.4) is 0 Å². The summed E-state index contributed by atoms with van der Waals surface area (Å²) in [5.74, 6) is -0.626. The number of alkyl halides is 3. The first-order chi connectivity index (χ1) is 6.88. The first-order valence-corrected chi connectivity index (χ1v) is 4.03. The van der Waals surface area contributed by atoms with Gasteiger partial charge in [0.1, 0.15) is 11.9 Å². The van der Waals surface area contributed by atoms with Gasteiger partial charge in [-0.15, -0.1) is 13.2 Å². The van der Waals surface area contributed by atoms with E-state index in [9.17, 15) is 22.7 Å². The molecule has 0 saturated heterocycles. The van der Waals surface area contributed by atoms with E-state index in [0.717, 1.165) is 12.1 Å². The molecule has 0 aromatic heterocycles. The van der Waals surface area contributed by atoms with Crippen molar-refractivity contribution in [3.8, 4) is 0 Å². The van der Waals surface area contributed by atoms with Gasteiger partial charge in [-0.05, 0) is 17.7 Å². The molecule has 15 heavy (non-hydrogen) atoms. The van der Waals surface area contributed by atoms with Crippen LogP contribution < -0.4 is 0 Å². The van der Waals surface area contributed by atoms with Crippen LogP contribution in [0.4, 0.5) is 17.6 Å². The Hall–Kier alpha value is -1.14. The fourth-order valence-corrected chi connectivity index (χ4v) is 0.984. The second-order valence-corrected chi connectivity index (χ2v) is 2.83. The summed E-state index contributed by atoms with van der Waals surface area (Å²) in [6.45, 7) is -0.951. The van der Waals surface area contributed by atoms with Crippen molar-refractivity contribution in [3.63, 3.8) is 0 Å². The van der Waals surface area contributed by atoms with Crippen molar-refractivity contribution < 1.29 is 27.4 Å². The topological polar surface area (TPSA) is 29.5 Å². The zero-order valence-electron chi connectivity index (χ0n) is 7.46. The van der Waals surface area contributed by atoms with Crippen LogP contribution >= 0.6 is 0 Å². The van der Waals surface area contributed by atoms with Crippen LogP contribution in [0, 0.1) is 5.82 Å². The molecule has 0 spiro atoms. The highest BCUT2D eigenvalue weighted by Gasteiger charge is 2.30. The SMILES string of the molecule is O[C@H](COC(F)(F)F)c1cccc(F)c1. The Morgan fingerprint density at radius 1 is 1.33 bits per heavy atom. The van der Waals surface area contributed by atoms with Crippen molar-refractivity contribution in [1.29, 1.82) is 0 Å². The van der Waals surface area contributed by atoms with Crippen molar-refractivity contribution in [2.45, 2.75) is 12.5 Å². The van der Waals surface area contributed by atoms with E-state index in [1.807, 2.05) is 0 Å². The number of aliphatic hydroxyl groups excluding tert-OH is 1. The summed E-state index contributed by atoms with van der Waals surface area (Å²) in [7, 11) is 0. The number of ether oxygens (including phenoxy) is 1. The maximum Gasteiger partial charge on any atom is 0.522 e. The number of benzene rings is 1. The molecule has 6 heteroatoms. The van der Waals surface area contributed by atoms with E-state index in [1.165, 1.54) is 12.1 Å². The summed E-state index contributed by atoms with van der Waals surface area (Å²) in [5.41, 5.74) is 0.0410. The van der Waals surface area contributed by atoms with Crippen LogP contribution in [0.25, 0.3) is 0 Å². The Morgan fingerprint density at radius 3 is 2.53 bits per heavy atom. The molecule has 1 aromatic carbocycles. The highest BCUT2D eigenvalue weighted by molar-refractivity contribution is 5.18. The minimum Gasteiger partial charge on any atom is -0.386 e. The third kappa shape index (κ3) is 4.26. The standard InChI is InChI=1S/C9H8F4O2/c10-7-3-1-2-6(4-7)8(14)5-15-9(11,12)13/h1-4,8,14H,5H2/t8-/m1/s1. The van der Waals surface area contributed by atoms with E-state index in [0.29, 0.717) is 0 Å². The Bertz CT molecular complexity index is 324. The smallest absolute Gasteiger partial charge is 0.386 e. The van der Waals surface area contributed by atoms with E-state index < -0.39 is 24.9 Å². The molecule has 0 unspecified atom stereocenters. The second-order valence-electron chi connectivity index (χ2n) is 2.83. The monoisotopic (exact) mass is 224 g/mol. The molecule has 1 N–H and O–H groups in total. The fraction of sp³-hybridized carbons (Fsp3) is 0.333. The molecule has 0 amide bonds. The van der Waals surface area contributed by atoms with Crippen molar-refractivity contribution in [3.05, 3.63) is 35.6 Å². The van der Waals surface area contributed by atoms with Gasteiger partial charge in [-0.2, -0.15) is 0 Å². The molecule has 1 atom stereocenters. The van der Waals surface area contributed by atoms with E-state index in [2.05, 4.69) is 4.74 Å². The molecule has 1 rings (SSSR count). The maximum atomic E-state index is 12.6. The molecule has 84 valence electrons. The Balaban J connectivity index is 2.58. The van der Waals surface area contributed by atoms with Gasteiger partial charge >= 0.3 is 6.36 Å². The molecular weight excluding hydrogens is 216 g/mol. The van der Waals surface area contributed by atoms with E-state index in [4.69, 9.17) is 0 Å². The van der Waals surface area contributed by atoms with E-state index in [-0.39, 0.29) is 5.56 Å². The van der Waals surface area contributed by atoms with Gasteiger partial charge in [0.15, 0.2) is 0 Å². The first kappa shape index (κ1) is 11.9. The fourth-order valence-electron chi connectivity index (χ4n) is 0.984. The molecule has 0 aliphatic rings. The Labute approximate surface area is 83.1 Å². The molecule has 0 fully saturated rings. The van der Waals surface area contributed by atoms with Gasteiger partial charge in [-0.1, -0.05) is 12.1 Å². The molecule has 0 saturated carbocycles. The predicted molar refractivity (Wildman–Crippen MR) is 43.4 cm³/mol. The highest BCUT2D eigenvalue weighted by atomic mass is 19.4. The third-order valence-corrected chi connectivity index (χ3v) is 1.64. The minimum absolute atomic E-state index is 0.0410. The van der Waals surface area contributed by atoms with Gasteiger partial charge < -0.3 is 5.11 Å². The highest BCUT2D eigenvalue weighted by Crippen LogP contribution is 2.21. The number of hydrogen-bond acceptors (Lipinski definition) is 2. The molecule has 0 aliphatic heterocycles. The Morgan fingerprint density at radius 2 is 2.00 bits per heavy atom. The zero-order chi connectivity index (χ0) is 11.5. The molecule has 0 heterocycles. The van der Waals surface area contributed by atoms with Crippen LogP contribution in [0.15, 0.2) is 24.3 Å². The lowest BCUT2D eigenvalue weighted by Gasteiger charge is -2.13. The average molecular weight is 224 g/mol. The first-order valence-electron chi connectivity index (χ1n) is 4.03. The lowest BCUT2D eigenvalue weighted by atomic mass is 10.1. The number of halogens is 4. The zero-order valence-corrected chi connectivity index (χ0v) is 7.46. The van der Waals surface area contributed by atoms with Crippen LogP contribution in [0.1, 0.15) is 11.7 Å². The minimum atomic E-state index is -4.80. The average Bonchev–Trinajstić information content (AvgIpc) is 2.13. The molecule has 1 aromatic rings. The van der Waals surface area contributed by atoms with Crippen molar-refractivity contribution in [2.24, 2.45) is 0 Å². The predicted octanol–water partition coefficient (Wildman–Crippen LogP) is 2.40. The van der Waals surface area contributed by atoms with Gasteiger partial charge in [0.2, 0.25) is 0 Å². The van der Waals surface area contributed by atoms with Gasteiger partial charge in [-0.25, -0.2) is 4.39 Å². The van der Waals surface area contributed by atoms with Gasteiger partial charge in [0.25, 0.3) is 0 Å². The van der Waals surface area contributed by atoms with E-state index >= 15 is 0 Å². The van der Waals surface area contributed by atoms with Crippen molar-refractivity contribution >= 4 is 0 Å². The van der Waals surface area contributed by atoms with Crippen molar-refractivity contribution in [1.82, 2.24) is 0 Å². The summed E-state index contributed by atoms with van der Waals surface area (Å²) in [6, 6.07) is 4.68. The van der Waals surface area contributed by atoms with E-state index in [1.54, 1.807) is 0 Å². The number of aliphatic hydroxyl groups is 1. The quantitative estimate of drug-likeness (QED) is 0.799. The molecule has 0 radical (unpaired) electrons. The van der Waals surface area contributed by atoms with Gasteiger partial charge in [0, 0.05) is 0 Å². The molecule has 0 bridgehead atoms. The van der Waals surface area contributed by atoms with Crippen LogP contribution in [0.5, 0.6) is 0 Å². The second kappa shape index (κ2) is 4.59. The van der Waals surface area contributed by atoms with Crippen LogP contribution in [-0.4, -0.2) is 18.1 Å². The van der Waals surface area contributed by atoms with Crippen LogP contribution in [-0.2, 0) is 4.74 Å². The summed E-state index contributed by atoms with van der Waals surface area (Å²) < 4.78 is 50.9. The van der Waals surface area contributed by atoms with Crippen molar-refractivity contribution in [2.75, 3.05) is 6.61 Å². The third-order valence-electron chi connectivity index (χ3n) is 1.64. The Kier molecular flexibility index (Phi) is 3.65. The summed E-state index contributed by atoms with van der Waals surface area (Å²) in [4.78, 5) is 0. The van der Waals surface area contributed by atoms with Gasteiger partial charge in [0.05, 0.1) is 6.61 Å². The molecule has 0 aliphatic carbocycles. The lowest BCUT2D eigenvalue weighted by Crippen LogP contribution is -2.18. The maximum absolute atomic E-state index is 12.6. The number of hydrogen-bond donors (Lipinski definition) is 1.